The summed E-state index contributed by atoms with van der Waals surface area (Å²) < 4.78 is 3.90. The Morgan fingerprint density at radius 2 is 1.65 bits per heavy atom. The van der Waals surface area contributed by atoms with E-state index in [2.05, 4.69) is 87.0 Å². The predicted octanol–water partition coefficient (Wildman–Crippen LogP) is 4.54. The summed E-state index contributed by atoms with van der Waals surface area (Å²) in [4.78, 5) is 0. The Labute approximate surface area is 145 Å². The second-order valence-corrected chi connectivity index (χ2v) is 18.9. The van der Waals surface area contributed by atoms with Crippen LogP contribution in [0.3, 0.4) is 0 Å². The molecule has 23 heavy (non-hydrogen) atoms. The monoisotopic (exact) mass is 372 g/mol. The summed E-state index contributed by atoms with van der Waals surface area (Å²) in [5, 5.41) is 0. The van der Waals surface area contributed by atoms with E-state index < -0.39 is 13.3 Å². The van der Waals surface area contributed by atoms with E-state index in [1.807, 2.05) is 0 Å². The average Bonchev–Trinajstić information content (AvgIpc) is 2.37. The molecule has 0 aliphatic carbocycles. The van der Waals surface area contributed by atoms with Crippen molar-refractivity contribution in [1.29, 1.82) is 0 Å². The minimum absolute atomic E-state index is 0.705. The van der Waals surface area contributed by atoms with Gasteiger partial charge in [-0.25, -0.2) is 0 Å². The summed E-state index contributed by atoms with van der Waals surface area (Å²) in [7, 11) is 2.17. The molecule has 0 fully saturated rings. The molecule has 2 aromatic rings. The fourth-order valence-corrected chi connectivity index (χ4v) is 7.28. The molecule has 0 bridgehead atoms. The van der Waals surface area contributed by atoms with Crippen molar-refractivity contribution in [2.24, 2.45) is 13.0 Å². The zero-order chi connectivity index (χ0) is 17.4. The first-order valence-corrected chi connectivity index (χ1v) is 16.0. The van der Waals surface area contributed by atoms with Gasteiger partial charge in [0, 0.05) is 0 Å². The van der Waals surface area contributed by atoms with Crippen LogP contribution in [-0.2, 0) is 13.5 Å². The zero-order valence-electron chi connectivity index (χ0n) is 16.1. The van der Waals surface area contributed by atoms with Gasteiger partial charge in [-0.1, -0.05) is 0 Å². The van der Waals surface area contributed by atoms with Crippen molar-refractivity contribution in [2.75, 3.05) is 0 Å². The van der Waals surface area contributed by atoms with Crippen molar-refractivity contribution in [3.05, 3.63) is 47.2 Å². The molecule has 1 aromatic carbocycles. The molecule has 124 valence electrons. The number of hydrogen-bond donors (Lipinski definition) is 0. The SMILES string of the molecule is Cc1cc(CC(C)C)ccc1-c1c[c]([Ge]([CH3])([CH3])[CH3])c(C)c[n+]1C. The van der Waals surface area contributed by atoms with Crippen molar-refractivity contribution < 1.29 is 4.57 Å². The standard InChI is InChI=1S/C21H32GeN/c1-15(2)11-18-9-10-19(16(3)12-18)21-13-20(22(5,6)7)17(4)14-23(21)8/h9-10,12-15H,11H2,1-8H3/q+1. The average molecular weight is 371 g/mol. The van der Waals surface area contributed by atoms with Gasteiger partial charge in [0.25, 0.3) is 0 Å². The van der Waals surface area contributed by atoms with E-state index in [1.165, 1.54) is 27.9 Å². The Hall–Kier alpha value is -1.09. The Bertz CT molecular complexity index is 709. The van der Waals surface area contributed by atoms with Gasteiger partial charge in [0.05, 0.1) is 0 Å². The molecule has 0 saturated heterocycles. The summed E-state index contributed by atoms with van der Waals surface area (Å²) >= 11 is -1.85. The molecule has 1 nitrogen and oxygen atoms in total. The van der Waals surface area contributed by atoms with Crippen LogP contribution in [0.1, 0.15) is 30.5 Å². The Kier molecular flexibility index (Phi) is 5.40. The van der Waals surface area contributed by atoms with Gasteiger partial charge < -0.3 is 0 Å². The van der Waals surface area contributed by atoms with E-state index in [4.69, 9.17) is 0 Å². The van der Waals surface area contributed by atoms with Crippen molar-refractivity contribution >= 4 is 17.7 Å². The quantitative estimate of drug-likeness (QED) is 0.549. The van der Waals surface area contributed by atoms with Crippen LogP contribution in [-0.4, -0.2) is 13.3 Å². The molecular weight excluding hydrogens is 339 g/mol. The molecule has 2 heteroatoms. The maximum atomic E-state index is 2.48. The zero-order valence-corrected chi connectivity index (χ0v) is 18.2. The molecule has 0 saturated carbocycles. The fourth-order valence-electron chi connectivity index (χ4n) is 3.47. The third kappa shape index (κ3) is 4.26. The molecule has 0 unspecified atom stereocenters. The summed E-state index contributed by atoms with van der Waals surface area (Å²) in [5.41, 5.74) is 6.99. The number of aryl methyl sites for hydroxylation is 3. The first kappa shape index (κ1) is 18.3. The van der Waals surface area contributed by atoms with Gasteiger partial charge in [-0.2, -0.15) is 0 Å². The molecule has 0 atom stereocenters. The molecule has 0 amide bonds. The maximum absolute atomic E-state index is 2.48. The van der Waals surface area contributed by atoms with E-state index in [9.17, 15) is 0 Å². The normalized spacial score (nSPS) is 12.0. The molecule has 0 N–H and O–H groups in total. The summed E-state index contributed by atoms with van der Waals surface area (Å²) in [6.07, 6.45) is 3.46. The molecule has 0 radical (unpaired) electrons. The van der Waals surface area contributed by atoms with Gasteiger partial charge >= 0.3 is 145 Å². The molecule has 1 aromatic heterocycles. The third-order valence-electron chi connectivity index (χ3n) is 4.49. The number of aromatic nitrogens is 1. The van der Waals surface area contributed by atoms with Crippen LogP contribution in [0.25, 0.3) is 11.3 Å². The van der Waals surface area contributed by atoms with Crippen molar-refractivity contribution in [3.63, 3.8) is 0 Å². The second kappa shape index (κ2) is 6.80. The Balaban J connectivity index is 2.54. The van der Waals surface area contributed by atoms with Gasteiger partial charge in [0.15, 0.2) is 0 Å². The minimum atomic E-state index is -1.85. The van der Waals surface area contributed by atoms with Crippen LogP contribution >= 0.6 is 0 Å². The van der Waals surface area contributed by atoms with Gasteiger partial charge in [0.1, 0.15) is 0 Å². The number of pyridine rings is 1. The molecule has 2 rings (SSSR count). The van der Waals surface area contributed by atoms with Crippen LogP contribution in [0.5, 0.6) is 0 Å². The molecule has 0 aliphatic rings. The Morgan fingerprint density at radius 3 is 2.17 bits per heavy atom. The predicted molar refractivity (Wildman–Crippen MR) is 104 cm³/mol. The summed E-state index contributed by atoms with van der Waals surface area (Å²) in [6, 6.07) is 9.45. The van der Waals surface area contributed by atoms with E-state index in [0.29, 0.717) is 5.92 Å². The van der Waals surface area contributed by atoms with E-state index >= 15 is 0 Å². The number of benzene rings is 1. The van der Waals surface area contributed by atoms with E-state index in [-0.39, 0.29) is 0 Å². The van der Waals surface area contributed by atoms with Crippen LogP contribution in [0.15, 0.2) is 30.5 Å². The van der Waals surface area contributed by atoms with Crippen LogP contribution in [0.2, 0.25) is 17.3 Å². The summed E-state index contributed by atoms with van der Waals surface area (Å²) in [6.45, 7) is 9.07. The van der Waals surface area contributed by atoms with Gasteiger partial charge in [-0.05, 0) is 0 Å². The first-order chi connectivity index (χ1) is 10.6. The molecular formula is C21H32GeN+. The Morgan fingerprint density at radius 1 is 1.00 bits per heavy atom. The van der Waals surface area contributed by atoms with Crippen LogP contribution < -0.4 is 8.96 Å². The van der Waals surface area contributed by atoms with E-state index in [0.717, 1.165) is 6.42 Å². The van der Waals surface area contributed by atoms with Gasteiger partial charge in [-0.15, -0.1) is 0 Å². The molecule has 0 spiro atoms. The number of rotatable bonds is 4. The molecule has 0 aliphatic heterocycles. The number of nitrogens with zero attached hydrogens (tertiary/aromatic N) is 1. The first-order valence-electron chi connectivity index (χ1n) is 8.70. The van der Waals surface area contributed by atoms with Crippen LogP contribution in [0.4, 0.5) is 0 Å². The van der Waals surface area contributed by atoms with Crippen molar-refractivity contribution in [2.45, 2.75) is 51.4 Å². The number of hydrogen-bond acceptors (Lipinski definition) is 0. The van der Waals surface area contributed by atoms with Gasteiger partial charge in [-0.3, -0.25) is 0 Å². The summed E-state index contributed by atoms with van der Waals surface area (Å²) in [5.74, 6) is 8.14. The topological polar surface area (TPSA) is 3.88 Å². The van der Waals surface area contributed by atoms with Crippen molar-refractivity contribution in [1.82, 2.24) is 0 Å². The second-order valence-electron chi connectivity index (χ2n) is 8.36. The van der Waals surface area contributed by atoms with Crippen LogP contribution in [0, 0.1) is 19.8 Å². The molecule has 1 heterocycles. The fraction of sp³-hybridized carbons (Fsp3) is 0.476. The van der Waals surface area contributed by atoms with Crippen molar-refractivity contribution in [3.8, 4) is 11.3 Å². The van der Waals surface area contributed by atoms with Gasteiger partial charge in [0.2, 0.25) is 0 Å². The third-order valence-corrected chi connectivity index (χ3v) is 9.01. The van der Waals surface area contributed by atoms with E-state index in [1.54, 1.807) is 4.40 Å².